The molecule has 0 aliphatic carbocycles. The van der Waals surface area contributed by atoms with E-state index < -0.39 is 0 Å². The molecule has 114 valence electrons. The van der Waals surface area contributed by atoms with Crippen LogP contribution in [0.1, 0.15) is 37.6 Å². The van der Waals surface area contributed by atoms with Gasteiger partial charge in [-0.1, -0.05) is 6.07 Å². The van der Waals surface area contributed by atoms with Crippen molar-refractivity contribution in [1.29, 1.82) is 0 Å². The molecule has 0 fully saturated rings. The number of ether oxygens (including phenoxy) is 1. The number of rotatable bonds is 7. The Balaban J connectivity index is 1.89. The molecular weight excluding hydrogens is 266 g/mol. The van der Waals surface area contributed by atoms with Crippen LogP contribution in [0, 0.1) is 0 Å². The third-order valence-corrected chi connectivity index (χ3v) is 3.64. The van der Waals surface area contributed by atoms with Crippen molar-refractivity contribution >= 4 is 0 Å². The van der Waals surface area contributed by atoms with Gasteiger partial charge in [-0.3, -0.25) is 0 Å². The van der Waals surface area contributed by atoms with Gasteiger partial charge in [-0.15, -0.1) is 0 Å². The van der Waals surface area contributed by atoms with Gasteiger partial charge in [0.1, 0.15) is 5.76 Å². The summed E-state index contributed by atoms with van der Waals surface area (Å²) in [5, 5.41) is 13.2. The van der Waals surface area contributed by atoms with Crippen LogP contribution in [0.5, 0.6) is 11.5 Å². The average Bonchev–Trinajstić information content (AvgIpc) is 2.99. The van der Waals surface area contributed by atoms with Crippen LogP contribution in [0.25, 0.3) is 0 Å². The van der Waals surface area contributed by atoms with Gasteiger partial charge >= 0.3 is 0 Å². The Bertz CT molecular complexity index is 551. The van der Waals surface area contributed by atoms with E-state index in [1.165, 1.54) is 0 Å². The van der Waals surface area contributed by atoms with E-state index in [1.54, 1.807) is 19.4 Å². The van der Waals surface area contributed by atoms with Gasteiger partial charge < -0.3 is 19.6 Å². The van der Waals surface area contributed by atoms with Crippen molar-refractivity contribution in [2.45, 2.75) is 38.8 Å². The SMILES string of the molecule is COc1cc(C(C)NC(C)CCc2ccco2)ccc1O. The summed E-state index contributed by atoms with van der Waals surface area (Å²) in [5.74, 6) is 1.69. The smallest absolute Gasteiger partial charge is 0.160 e. The molecular formula is C17H23NO3. The number of benzene rings is 1. The van der Waals surface area contributed by atoms with Crippen LogP contribution in [-0.2, 0) is 6.42 Å². The van der Waals surface area contributed by atoms with Crippen molar-refractivity contribution in [3.8, 4) is 11.5 Å². The molecule has 4 nitrogen and oxygen atoms in total. The summed E-state index contributed by atoms with van der Waals surface area (Å²) in [6, 6.07) is 9.91. The van der Waals surface area contributed by atoms with Crippen molar-refractivity contribution in [2.75, 3.05) is 7.11 Å². The fourth-order valence-electron chi connectivity index (χ4n) is 2.38. The van der Waals surface area contributed by atoms with E-state index in [4.69, 9.17) is 9.15 Å². The van der Waals surface area contributed by atoms with Crippen molar-refractivity contribution in [3.05, 3.63) is 47.9 Å². The molecule has 1 heterocycles. The first-order valence-corrected chi connectivity index (χ1v) is 7.25. The molecule has 0 bridgehead atoms. The highest BCUT2D eigenvalue weighted by atomic mass is 16.5. The van der Waals surface area contributed by atoms with Crippen LogP contribution in [0.15, 0.2) is 41.0 Å². The zero-order valence-corrected chi connectivity index (χ0v) is 12.8. The maximum Gasteiger partial charge on any atom is 0.160 e. The normalized spacial score (nSPS) is 13.9. The van der Waals surface area contributed by atoms with Gasteiger partial charge in [0.2, 0.25) is 0 Å². The second kappa shape index (κ2) is 7.18. The Morgan fingerprint density at radius 3 is 2.76 bits per heavy atom. The monoisotopic (exact) mass is 289 g/mol. The minimum atomic E-state index is 0.166. The van der Waals surface area contributed by atoms with E-state index >= 15 is 0 Å². The zero-order chi connectivity index (χ0) is 15.2. The second-order valence-corrected chi connectivity index (χ2v) is 5.34. The molecule has 1 aromatic carbocycles. The number of hydrogen-bond acceptors (Lipinski definition) is 4. The highest BCUT2D eigenvalue weighted by Crippen LogP contribution is 2.29. The van der Waals surface area contributed by atoms with Crippen LogP contribution >= 0.6 is 0 Å². The van der Waals surface area contributed by atoms with E-state index in [0.29, 0.717) is 11.8 Å². The molecule has 2 unspecified atom stereocenters. The zero-order valence-electron chi connectivity index (χ0n) is 12.8. The molecule has 2 N–H and O–H groups in total. The maximum atomic E-state index is 9.63. The van der Waals surface area contributed by atoms with Gasteiger partial charge in [-0.05, 0) is 50.1 Å². The number of methoxy groups -OCH3 is 1. The minimum absolute atomic E-state index is 0.166. The molecule has 0 spiro atoms. The predicted octanol–water partition coefficient (Wildman–Crippen LogP) is 3.67. The molecule has 1 aromatic heterocycles. The van der Waals surface area contributed by atoms with E-state index in [2.05, 4.69) is 19.2 Å². The lowest BCUT2D eigenvalue weighted by molar-refractivity contribution is 0.371. The first-order valence-electron chi connectivity index (χ1n) is 7.25. The fourth-order valence-corrected chi connectivity index (χ4v) is 2.38. The first-order chi connectivity index (χ1) is 10.1. The number of aromatic hydroxyl groups is 1. The third kappa shape index (κ3) is 4.26. The molecule has 0 aliphatic heterocycles. The number of nitrogens with one attached hydrogen (secondary N) is 1. The molecule has 0 aliphatic rings. The van der Waals surface area contributed by atoms with E-state index in [1.807, 2.05) is 24.3 Å². The summed E-state index contributed by atoms with van der Waals surface area (Å²) in [6.07, 6.45) is 3.64. The van der Waals surface area contributed by atoms with Crippen LogP contribution in [0.2, 0.25) is 0 Å². The fraction of sp³-hybridized carbons (Fsp3) is 0.412. The van der Waals surface area contributed by atoms with Crippen molar-refractivity contribution < 1.29 is 14.3 Å². The summed E-state index contributed by atoms with van der Waals surface area (Å²) in [4.78, 5) is 0. The second-order valence-electron chi connectivity index (χ2n) is 5.34. The Morgan fingerprint density at radius 2 is 2.10 bits per heavy atom. The van der Waals surface area contributed by atoms with Crippen molar-refractivity contribution in [1.82, 2.24) is 5.32 Å². The van der Waals surface area contributed by atoms with Gasteiger partial charge in [0.15, 0.2) is 11.5 Å². The lowest BCUT2D eigenvalue weighted by Gasteiger charge is -2.20. The van der Waals surface area contributed by atoms with Gasteiger partial charge in [-0.2, -0.15) is 0 Å². The Hall–Kier alpha value is -1.94. The van der Waals surface area contributed by atoms with Crippen molar-refractivity contribution in [3.63, 3.8) is 0 Å². The summed E-state index contributed by atoms with van der Waals surface area (Å²) in [5.41, 5.74) is 1.09. The number of aryl methyl sites for hydroxylation is 1. The first kappa shape index (κ1) is 15.4. The van der Waals surface area contributed by atoms with E-state index in [9.17, 15) is 5.11 Å². The summed E-state index contributed by atoms with van der Waals surface area (Å²) in [6.45, 7) is 4.27. The Morgan fingerprint density at radius 1 is 1.29 bits per heavy atom. The number of phenolic OH excluding ortho intramolecular Hbond substituents is 1. The number of hydrogen-bond donors (Lipinski definition) is 2. The standard InChI is InChI=1S/C17H23NO3/c1-12(6-8-15-5-4-10-21-15)18-13(2)14-7-9-16(19)17(11-14)20-3/h4-5,7,9-13,18-19H,6,8H2,1-3H3. The minimum Gasteiger partial charge on any atom is -0.504 e. The Labute approximate surface area is 125 Å². The topological polar surface area (TPSA) is 54.6 Å². The van der Waals surface area contributed by atoms with Crippen LogP contribution in [0.3, 0.4) is 0 Å². The molecule has 2 atom stereocenters. The maximum absolute atomic E-state index is 9.63. The van der Waals surface area contributed by atoms with Gasteiger partial charge in [0, 0.05) is 18.5 Å². The van der Waals surface area contributed by atoms with Crippen LogP contribution in [-0.4, -0.2) is 18.3 Å². The molecule has 21 heavy (non-hydrogen) atoms. The molecule has 2 aromatic rings. The van der Waals surface area contributed by atoms with Gasteiger partial charge in [0.25, 0.3) is 0 Å². The van der Waals surface area contributed by atoms with Crippen LogP contribution in [0.4, 0.5) is 0 Å². The van der Waals surface area contributed by atoms with Gasteiger partial charge in [0.05, 0.1) is 13.4 Å². The predicted molar refractivity (Wildman–Crippen MR) is 82.7 cm³/mol. The molecule has 4 heteroatoms. The number of furan rings is 1. The largest absolute Gasteiger partial charge is 0.504 e. The molecule has 2 rings (SSSR count). The van der Waals surface area contributed by atoms with E-state index in [0.717, 1.165) is 24.2 Å². The number of phenols is 1. The molecule has 0 radical (unpaired) electrons. The molecule has 0 saturated heterocycles. The van der Waals surface area contributed by atoms with Gasteiger partial charge in [-0.25, -0.2) is 0 Å². The average molecular weight is 289 g/mol. The quantitative estimate of drug-likeness (QED) is 0.816. The lowest BCUT2D eigenvalue weighted by Crippen LogP contribution is -2.29. The molecule has 0 saturated carbocycles. The van der Waals surface area contributed by atoms with Crippen LogP contribution < -0.4 is 10.1 Å². The lowest BCUT2D eigenvalue weighted by atomic mass is 10.1. The van der Waals surface area contributed by atoms with E-state index in [-0.39, 0.29) is 11.8 Å². The summed E-state index contributed by atoms with van der Waals surface area (Å²) < 4.78 is 10.5. The molecule has 0 amide bonds. The highest BCUT2D eigenvalue weighted by Gasteiger charge is 2.12. The highest BCUT2D eigenvalue weighted by molar-refractivity contribution is 5.42. The van der Waals surface area contributed by atoms with Crippen molar-refractivity contribution in [2.24, 2.45) is 0 Å². The summed E-state index contributed by atoms with van der Waals surface area (Å²) >= 11 is 0. The third-order valence-electron chi connectivity index (χ3n) is 3.64. The Kier molecular flexibility index (Phi) is 5.28. The summed E-state index contributed by atoms with van der Waals surface area (Å²) in [7, 11) is 1.56.